The molecule has 1 unspecified atom stereocenters. The average Bonchev–Trinajstić information content (AvgIpc) is 2.77. The maximum atomic E-state index is 7.05. The van der Waals surface area contributed by atoms with E-state index in [0.29, 0.717) is 5.69 Å². The van der Waals surface area contributed by atoms with Crippen LogP contribution in [-0.2, 0) is 4.74 Å². The number of hydrogen-bond donors (Lipinski definition) is 0. The second kappa shape index (κ2) is 4.71. The number of rotatable bonds is 1. The Morgan fingerprint density at radius 3 is 3.06 bits per heavy atom. The SMILES string of the molecule is [C-]#[N+]c1ccc2c(c1)c(Br)nn2C1CCCCO1. The Labute approximate surface area is 113 Å². The zero-order valence-corrected chi connectivity index (χ0v) is 11.4. The van der Waals surface area contributed by atoms with Crippen molar-refractivity contribution in [1.82, 2.24) is 9.78 Å². The van der Waals surface area contributed by atoms with Crippen molar-refractivity contribution in [2.45, 2.75) is 25.5 Å². The van der Waals surface area contributed by atoms with E-state index in [1.807, 2.05) is 22.9 Å². The minimum Gasteiger partial charge on any atom is -0.356 e. The van der Waals surface area contributed by atoms with E-state index in [2.05, 4.69) is 25.9 Å². The van der Waals surface area contributed by atoms with Crippen molar-refractivity contribution in [2.24, 2.45) is 0 Å². The molecular formula is C13H12BrN3O. The van der Waals surface area contributed by atoms with Crippen LogP contribution in [0.3, 0.4) is 0 Å². The molecule has 0 N–H and O–H groups in total. The van der Waals surface area contributed by atoms with Crippen molar-refractivity contribution in [1.29, 1.82) is 0 Å². The van der Waals surface area contributed by atoms with Crippen LogP contribution in [0.25, 0.3) is 15.7 Å². The first-order valence-electron chi connectivity index (χ1n) is 5.96. The molecule has 0 aliphatic carbocycles. The summed E-state index contributed by atoms with van der Waals surface area (Å²) >= 11 is 3.46. The molecule has 0 bridgehead atoms. The molecule has 2 heterocycles. The van der Waals surface area contributed by atoms with Gasteiger partial charge in [-0.2, -0.15) is 5.10 Å². The van der Waals surface area contributed by atoms with Gasteiger partial charge in [-0.3, -0.25) is 0 Å². The molecule has 1 atom stereocenters. The van der Waals surface area contributed by atoms with Crippen molar-refractivity contribution < 1.29 is 4.74 Å². The minimum absolute atomic E-state index is 0.0198. The second-order valence-corrected chi connectivity index (χ2v) is 5.12. The summed E-state index contributed by atoms with van der Waals surface area (Å²) in [6, 6.07) is 5.62. The van der Waals surface area contributed by atoms with E-state index >= 15 is 0 Å². The second-order valence-electron chi connectivity index (χ2n) is 4.37. The molecule has 1 aromatic heterocycles. The highest BCUT2D eigenvalue weighted by Gasteiger charge is 2.20. The van der Waals surface area contributed by atoms with Crippen LogP contribution in [0.15, 0.2) is 22.8 Å². The van der Waals surface area contributed by atoms with Crippen LogP contribution in [0, 0.1) is 6.57 Å². The van der Waals surface area contributed by atoms with Gasteiger partial charge in [0.25, 0.3) is 0 Å². The summed E-state index contributed by atoms with van der Waals surface area (Å²) in [6.07, 6.45) is 3.31. The molecule has 1 fully saturated rings. The van der Waals surface area contributed by atoms with Crippen LogP contribution in [0.2, 0.25) is 0 Å². The van der Waals surface area contributed by atoms with E-state index in [1.165, 1.54) is 6.42 Å². The first-order valence-corrected chi connectivity index (χ1v) is 6.76. The van der Waals surface area contributed by atoms with Crippen molar-refractivity contribution in [3.63, 3.8) is 0 Å². The van der Waals surface area contributed by atoms with Gasteiger partial charge >= 0.3 is 0 Å². The van der Waals surface area contributed by atoms with Crippen molar-refractivity contribution in [2.75, 3.05) is 6.61 Å². The Bertz CT molecular complexity index is 623. The van der Waals surface area contributed by atoms with E-state index < -0.39 is 0 Å². The van der Waals surface area contributed by atoms with E-state index in [4.69, 9.17) is 11.3 Å². The zero-order valence-electron chi connectivity index (χ0n) is 9.77. The maximum absolute atomic E-state index is 7.05. The fraction of sp³-hybridized carbons (Fsp3) is 0.385. The van der Waals surface area contributed by atoms with Gasteiger partial charge in [0.2, 0.25) is 0 Å². The van der Waals surface area contributed by atoms with Crippen LogP contribution < -0.4 is 0 Å². The van der Waals surface area contributed by atoms with E-state index in [-0.39, 0.29) is 6.23 Å². The van der Waals surface area contributed by atoms with E-state index in [9.17, 15) is 0 Å². The summed E-state index contributed by atoms with van der Waals surface area (Å²) in [4.78, 5) is 3.44. The number of halogens is 1. The van der Waals surface area contributed by atoms with Gasteiger partial charge in [0.05, 0.1) is 12.1 Å². The van der Waals surface area contributed by atoms with Crippen molar-refractivity contribution in [3.05, 3.63) is 34.2 Å². The van der Waals surface area contributed by atoms with Crippen LogP contribution in [0.5, 0.6) is 0 Å². The normalized spacial score (nSPS) is 19.9. The molecule has 1 aromatic carbocycles. The summed E-state index contributed by atoms with van der Waals surface area (Å²) in [6.45, 7) is 7.85. The quantitative estimate of drug-likeness (QED) is 0.744. The van der Waals surface area contributed by atoms with Gasteiger partial charge in [-0.05, 0) is 47.3 Å². The molecule has 0 radical (unpaired) electrons. The van der Waals surface area contributed by atoms with Crippen molar-refractivity contribution in [3.8, 4) is 0 Å². The predicted octanol–water partition coefficient (Wildman–Crippen LogP) is 4.05. The predicted molar refractivity (Wildman–Crippen MR) is 72.5 cm³/mol. The van der Waals surface area contributed by atoms with E-state index in [0.717, 1.165) is 35.0 Å². The fourth-order valence-electron chi connectivity index (χ4n) is 2.30. The fourth-order valence-corrected chi connectivity index (χ4v) is 2.79. The molecule has 3 rings (SSSR count). The van der Waals surface area contributed by atoms with E-state index in [1.54, 1.807) is 0 Å². The van der Waals surface area contributed by atoms with Crippen LogP contribution in [0.1, 0.15) is 25.5 Å². The number of nitrogens with zero attached hydrogens (tertiary/aromatic N) is 3. The zero-order chi connectivity index (χ0) is 12.5. The highest BCUT2D eigenvalue weighted by molar-refractivity contribution is 9.10. The third-order valence-corrected chi connectivity index (χ3v) is 3.79. The Kier molecular flexibility index (Phi) is 3.06. The molecule has 92 valence electrons. The van der Waals surface area contributed by atoms with Gasteiger partial charge < -0.3 is 4.74 Å². The summed E-state index contributed by atoms with van der Waals surface area (Å²) in [5, 5.41) is 5.46. The van der Waals surface area contributed by atoms with Gasteiger partial charge in [-0.25, -0.2) is 9.53 Å². The van der Waals surface area contributed by atoms with Crippen LogP contribution in [-0.4, -0.2) is 16.4 Å². The summed E-state index contributed by atoms with van der Waals surface area (Å²) < 4.78 is 8.46. The third kappa shape index (κ3) is 1.92. The molecule has 4 nitrogen and oxygen atoms in total. The smallest absolute Gasteiger partial charge is 0.188 e. The third-order valence-electron chi connectivity index (χ3n) is 3.20. The molecule has 0 spiro atoms. The maximum Gasteiger partial charge on any atom is 0.188 e. The van der Waals surface area contributed by atoms with Gasteiger partial charge in [-0.15, -0.1) is 0 Å². The molecule has 18 heavy (non-hydrogen) atoms. The highest BCUT2D eigenvalue weighted by atomic mass is 79.9. The largest absolute Gasteiger partial charge is 0.356 e. The lowest BCUT2D eigenvalue weighted by molar-refractivity contribution is -0.0368. The first kappa shape index (κ1) is 11.7. The lowest BCUT2D eigenvalue weighted by atomic mass is 10.2. The lowest BCUT2D eigenvalue weighted by Crippen LogP contribution is -2.18. The highest BCUT2D eigenvalue weighted by Crippen LogP contribution is 2.32. The molecule has 5 heteroatoms. The van der Waals surface area contributed by atoms with Gasteiger partial charge in [-0.1, -0.05) is 6.07 Å². The molecule has 1 saturated heterocycles. The topological polar surface area (TPSA) is 31.4 Å². The summed E-state index contributed by atoms with van der Waals surface area (Å²) in [5.74, 6) is 0. The molecule has 1 aliphatic rings. The molecular weight excluding hydrogens is 294 g/mol. The lowest BCUT2D eigenvalue weighted by Gasteiger charge is -2.23. The Morgan fingerprint density at radius 2 is 2.33 bits per heavy atom. The summed E-state index contributed by atoms with van der Waals surface area (Å²) in [5.41, 5.74) is 1.65. The monoisotopic (exact) mass is 305 g/mol. The Balaban J connectivity index is 2.10. The molecule has 2 aromatic rings. The molecule has 0 saturated carbocycles. The number of ether oxygens (including phenoxy) is 1. The van der Waals surface area contributed by atoms with Crippen LogP contribution >= 0.6 is 15.9 Å². The summed E-state index contributed by atoms with van der Waals surface area (Å²) in [7, 11) is 0. The molecule has 1 aliphatic heterocycles. The standard InChI is InChI=1S/C13H12BrN3O/c1-15-9-5-6-11-10(8-9)13(14)16-17(11)12-4-2-3-7-18-12/h5-6,8,12H,2-4,7H2. The van der Waals surface area contributed by atoms with Gasteiger partial charge in [0.15, 0.2) is 11.9 Å². The first-order chi connectivity index (χ1) is 8.79. The Morgan fingerprint density at radius 1 is 1.44 bits per heavy atom. The van der Waals surface area contributed by atoms with Crippen LogP contribution in [0.4, 0.5) is 5.69 Å². The number of aromatic nitrogens is 2. The minimum atomic E-state index is 0.0198. The molecule has 0 amide bonds. The van der Waals surface area contributed by atoms with Gasteiger partial charge in [0, 0.05) is 12.0 Å². The van der Waals surface area contributed by atoms with Crippen molar-refractivity contribution >= 4 is 32.5 Å². The Hall–Kier alpha value is -1.38. The van der Waals surface area contributed by atoms with Gasteiger partial charge in [0.1, 0.15) is 4.60 Å². The number of benzene rings is 1. The number of hydrogen-bond acceptors (Lipinski definition) is 2. The number of fused-ring (bicyclic) bond motifs is 1. The average molecular weight is 306 g/mol.